The first-order chi connectivity index (χ1) is 9.08. The molecule has 2 aromatic rings. The van der Waals surface area contributed by atoms with Crippen LogP contribution in [0.3, 0.4) is 0 Å². The van der Waals surface area contributed by atoms with Gasteiger partial charge in [-0.1, -0.05) is 18.2 Å². The number of anilines is 2. The number of hydrogen-bond donors (Lipinski definition) is 1. The van der Waals surface area contributed by atoms with Gasteiger partial charge in [-0.2, -0.15) is 0 Å². The zero-order valence-corrected chi connectivity index (χ0v) is 12.8. The van der Waals surface area contributed by atoms with E-state index in [4.69, 9.17) is 5.73 Å². The lowest BCUT2D eigenvalue weighted by molar-refractivity contribution is 0.673. The largest absolute Gasteiger partial charge is 0.398 e. The molecule has 0 atom stereocenters. The number of aromatic nitrogens is 1. The monoisotopic (exact) mass is 319 g/mol. The maximum absolute atomic E-state index is 6.02. The van der Waals surface area contributed by atoms with Gasteiger partial charge in [-0.3, -0.25) is 0 Å². The fraction of sp³-hybridized carbons (Fsp3) is 0.267. The van der Waals surface area contributed by atoms with Crippen LogP contribution in [0, 0.1) is 0 Å². The van der Waals surface area contributed by atoms with Crippen molar-refractivity contribution in [3.8, 4) is 0 Å². The highest BCUT2D eigenvalue weighted by atomic mass is 79.9. The number of benzene rings is 1. The van der Waals surface area contributed by atoms with Crippen molar-refractivity contribution in [1.29, 1.82) is 0 Å². The first-order valence-corrected chi connectivity index (χ1v) is 7.09. The van der Waals surface area contributed by atoms with E-state index in [2.05, 4.69) is 45.7 Å². The zero-order chi connectivity index (χ0) is 13.8. The van der Waals surface area contributed by atoms with Crippen LogP contribution in [0.1, 0.15) is 19.4 Å². The quantitative estimate of drug-likeness (QED) is 0.870. The molecule has 0 spiro atoms. The summed E-state index contributed by atoms with van der Waals surface area (Å²) in [6.45, 7) is 5.07. The molecule has 0 amide bonds. The number of nitrogens with zero attached hydrogens (tertiary/aromatic N) is 2. The normalized spacial score (nSPS) is 10.7. The van der Waals surface area contributed by atoms with E-state index in [1.54, 1.807) is 0 Å². The summed E-state index contributed by atoms with van der Waals surface area (Å²) in [5.41, 5.74) is 7.97. The van der Waals surface area contributed by atoms with Crippen LogP contribution < -0.4 is 10.6 Å². The van der Waals surface area contributed by atoms with E-state index >= 15 is 0 Å². The lowest BCUT2D eigenvalue weighted by Crippen LogP contribution is -2.31. The van der Waals surface area contributed by atoms with Crippen molar-refractivity contribution >= 4 is 27.4 Å². The molecule has 1 heterocycles. The van der Waals surface area contributed by atoms with Crippen LogP contribution in [0.4, 0.5) is 11.5 Å². The molecule has 2 rings (SSSR count). The molecule has 1 aromatic heterocycles. The molecule has 100 valence electrons. The van der Waals surface area contributed by atoms with Gasteiger partial charge in [0.1, 0.15) is 5.82 Å². The van der Waals surface area contributed by atoms with Gasteiger partial charge in [0.2, 0.25) is 0 Å². The number of hydrogen-bond acceptors (Lipinski definition) is 3. The predicted octanol–water partition coefficient (Wildman–Crippen LogP) is 3.84. The Morgan fingerprint density at radius 1 is 1.21 bits per heavy atom. The van der Waals surface area contributed by atoms with Crippen LogP contribution in [0.15, 0.2) is 47.1 Å². The summed E-state index contributed by atoms with van der Waals surface area (Å²) < 4.78 is 0.985. The van der Waals surface area contributed by atoms with Crippen LogP contribution in [-0.4, -0.2) is 11.0 Å². The van der Waals surface area contributed by atoms with Crippen LogP contribution in [0.25, 0.3) is 0 Å². The van der Waals surface area contributed by atoms with Crippen molar-refractivity contribution in [3.63, 3.8) is 0 Å². The van der Waals surface area contributed by atoms with Gasteiger partial charge in [0.05, 0.1) is 0 Å². The van der Waals surface area contributed by atoms with Crippen molar-refractivity contribution < 1.29 is 0 Å². The Morgan fingerprint density at radius 3 is 2.53 bits per heavy atom. The number of rotatable bonds is 4. The molecule has 0 aliphatic carbocycles. The van der Waals surface area contributed by atoms with Crippen LogP contribution >= 0.6 is 15.9 Å². The summed E-state index contributed by atoms with van der Waals surface area (Å²) in [7, 11) is 0. The van der Waals surface area contributed by atoms with E-state index in [0.717, 1.165) is 28.1 Å². The van der Waals surface area contributed by atoms with E-state index in [0.29, 0.717) is 6.04 Å². The first-order valence-electron chi connectivity index (χ1n) is 6.29. The predicted molar refractivity (Wildman–Crippen MR) is 84.1 cm³/mol. The average molecular weight is 320 g/mol. The molecule has 4 heteroatoms. The Morgan fingerprint density at radius 2 is 1.95 bits per heavy atom. The maximum atomic E-state index is 6.02. The third kappa shape index (κ3) is 3.47. The average Bonchev–Trinajstić information content (AvgIpc) is 2.39. The van der Waals surface area contributed by atoms with Crippen LogP contribution in [0.5, 0.6) is 0 Å². The molecule has 0 aliphatic rings. The molecule has 0 saturated carbocycles. The standard InChI is InChI=1S/C15H18BrN3/c1-11(2)19(15-8-7-13(16)9-18-15)10-12-5-3-4-6-14(12)17/h3-9,11H,10,17H2,1-2H3. The number of nitrogens with two attached hydrogens (primary N) is 1. The van der Waals surface area contributed by atoms with E-state index in [1.165, 1.54) is 0 Å². The molecule has 0 saturated heterocycles. The van der Waals surface area contributed by atoms with Crippen molar-refractivity contribution in [3.05, 3.63) is 52.6 Å². The first kappa shape index (κ1) is 13.9. The molecule has 0 bridgehead atoms. The van der Waals surface area contributed by atoms with Gasteiger partial charge in [0.25, 0.3) is 0 Å². The molecular weight excluding hydrogens is 302 g/mol. The number of para-hydroxylation sites is 1. The van der Waals surface area contributed by atoms with Crippen molar-refractivity contribution in [2.75, 3.05) is 10.6 Å². The Bertz CT molecular complexity index is 537. The minimum atomic E-state index is 0.355. The molecule has 0 aliphatic heterocycles. The number of pyridine rings is 1. The van der Waals surface area contributed by atoms with Gasteiger partial charge in [-0.05, 0) is 53.5 Å². The van der Waals surface area contributed by atoms with Crippen molar-refractivity contribution in [2.45, 2.75) is 26.4 Å². The Labute approximate surface area is 122 Å². The minimum absolute atomic E-state index is 0.355. The Hall–Kier alpha value is -1.55. The molecule has 0 radical (unpaired) electrons. The zero-order valence-electron chi connectivity index (χ0n) is 11.2. The minimum Gasteiger partial charge on any atom is -0.398 e. The third-order valence-corrected chi connectivity index (χ3v) is 3.49. The maximum Gasteiger partial charge on any atom is 0.129 e. The fourth-order valence-corrected chi connectivity index (χ4v) is 2.16. The molecule has 2 N–H and O–H groups in total. The van der Waals surface area contributed by atoms with Gasteiger partial charge in [0.15, 0.2) is 0 Å². The molecule has 1 aromatic carbocycles. The SMILES string of the molecule is CC(C)N(Cc1ccccc1N)c1ccc(Br)cn1. The lowest BCUT2D eigenvalue weighted by Gasteiger charge is -2.28. The number of nitrogen functional groups attached to an aromatic ring is 1. The Balaban J connectivity index is 2.26. The fourth-order valence-electron chi connectivity index (χ4n) is 1.93. The summed E-state index contributed by atoms with van der Waals surface area (Å²) in [4.78, 5) is 6.70. The van der Waals surface area contributed by atoms with Crippen molar-refractivity contribution in [1.82, 2.24) is 4.98 Å². The summed E-state index contributed by atoms with van der Waals surface area (Å²) >= 11 is 3.41. The van der Waals surface area contributed by atoms with Gasteiger partial charge in [-0.25, -0.2) is 4.98 Å². The van der Waals surface area contributed by atoms with E-state index in [9.17, 15) is 0 Å². The molecular formula is C15H18BrN3. The molecule has 0 fully saturated rings. The summed E-state index contributed by atoms with van der Waals surface area (Å²) in [6.07, 6.45) is 1.82. The molecule has 3 nitrogen and oxygen atoms in total. The second-order valence-electron chi connectivity index (χ2n) is 4.76. The summed E-state index contributed by atoms with van der Waals surface area (Å²) in [6, 6.07) is 12.3. The highest BCUT2D eigenvalue weighted by molar-refractivity contribution is 9.10. The topological polar surface area (TPSA) is 42.1 Å². The second-order valence-corrected chi connectivity index (χ2v) is 5.67. The van der Waals surface area contributed by atoms with Crippen LogP contribution in [0.2, 0.25) is 0 Å². The second kappa shape index (κ2) is 6.06. The molecule has 19 heavy (non-hydrogen) atoms. The van der Waals surface area contributed by atoms with Gasteiger partial charge in [-0.15, -0.1) is 0 Å². The smallest absolute Gasteiger partial charge is 0.129 e. The summed E-state index contributed by atoms with van der Waals surface area (Å²) in [5.74, 6) is 0.960. The van der Waals surface area contributed by atoms with Gasteiger partial charge in [0, 0.05) is 28.9 Å². The lowest BCUT2D eigenvalue weighted by atomic mass is 10.1. The summed E-state index contributed by atoms with van der Waals surface area (Å²) in [5, 5.41) is 0. The van der Waals surface area contributed by atoms with Gasteiger partial charge >= 0.3 is 0 Å². The van der Waals surface area contributed by atoms with Crippen LogP contribution in [-0.2, 0) is 6.54 Å². The van der Waals surface area contributed by atoms with Crippen molar-refractivity contribution in [2.24, 2.45) is 0 Å². The van der Waals surface area contributed by atoms with E-state index < -0.39 is 0 Å². The highest BCUT2D eigenvalue weighted by Gasteiger charge is 2.13. The Kier molecular flexibility index (Phi) is 4.43. The molecule has 0 unspecified atom stereocenters. The number of halogens is 1. The third-order valence-electron chi connectivity index (χ3n) is 3.03. The van der Waals surface area contributed by atoms with Gasteiger partial charge < -0.3 is 10.6 Å². The van der Waals surface area contributed by atoms with E-state index in [1.807, 2.05) is 36.5 Å². The van der Waals surface area contributed by atoms with E-state index in [-0.39, 0.29) is 0 Å². The highest BCUT2D eigenvalue weighted by Crippen LogP contribution is 2.21.